The van der Waals surface area contributed by atoms with Crippen LogP contribution in [0.3, 0.4) is 0 Å². The van der Waals surface area contributed by atoms with Crippen LogP contribution in [-0.4, -0.2) is 19.5 Å². The first-order valence-electron chi connectivity index (χ1n) is 6.02. The molecule has 0 aliphatic rings. The zero-order valence-electron chi connectivity index (χ0n) is 11.3. The minimum atomic E-state index is -4.13. The summed E-state index contributed by atoms with van der Waals surface area (Å²) in [6.45, 7) is 1.40. The van der Waals surface area contributed by atoms with E-state index in [1.54, 1.807) is 0 Å². The Balaban J connectivity index is 2.47. The lowest BCUT2D eigenvalue weighted by atomic mass is 10.2. The highest BCUT2D eigenvalue weighted by atomic mass is 32.2. The summed E-state index contributed by atoms with van der Waals surface area (Å²) in [5, 5.41) is 9.00. The van der Waals surface area contributed by atoms with E-state index in [1.807, 2.05) is 0 Å². The van der Waals surface area contributed by atoms with E-state index in [9.17, 15) is 22.0 Å². The minimum Gasteiger partial charge on any atom is -0.478 e. The van der Waals surface area contributed by atoms with Crippen LogP contribution < -0.4 is 4.72 Å². The number of carbonyl (C=O) groups is 1. The molecule has 2 rings (SSSR count). The Bertz CT molecular complexity index is 850. The molecule has 116 valence electrons. The third-order valence-corrected chi connectivity index (χ3v) is 4.41. The van der Waals surface area contributed by atoms with Gasteiger partial charge in [0.05, 0.1) is 16.1 Å². The number of benzene rings is 2. The van der Waals surface area contributed by atoms with Gasteiger partial charge >= 0.3 is 5.97 Å². The van der Waals surface area contributed by atoms with E-state index < -0.39 is 33.2 Å². The van der Waals surface area contributed by atoms with E-state index in [2.05, 4.69) is 4.72 Å². The smallest absolute Gasteiger partial charge is 0.337 e. The molecule has 0 fully saturated rings. The fraction of sp³-hybridized carbons (Fsp3) is 0.0714. The van der Waals surface area contributed by atoms with Gasteiger partial charge in [0.1, 0.15) is 11.6 Å². The average molecular weight is 327 g/mol. The maximum Gasteiger partial charge on any atom is 0.337 e. The number of rotatable bonds is 4. The number of aromatic carboxylic acids is 1. The number of hydrogen-bond donors (Lipinski definition) is 2. The molecule has 0 amide bonds. The molecule has 0 heterocycles. The molecule has 22 heavy (non-hydrogen) atoms. The van der Waals surface area contributed by atoms with Crippen LogP contribution in [0.4, 0.5) is 14.5 Å². The van der Waals surface area contributed by atoms with Crippen LogP contribution in [0.2, 0.25) is 0 Å². The molecule has 0 saturated heterocycles. The molecule has 5 nitrogen and oxygen atoms in total. The van der Waals surface area contributed by atoms with Crippen molar-refractivity contribution >= 4 is 21.7 Å². The Labute approximate surface area is 125 Å². The molecular formula is C14H11F2NO4S. The van der Waals surface area contributed by atoms with Crippen molar-refractivity contribution in [3.8, 4) is 0 Å². The lowest BCUT2D eigenvalue weighted by Gasteiger charge is -2.12. The van der Waals surface area contributed by atoms with Crippen LogP contribution in [0, 0.1) is 18.6 Å². The van der Waals surface area contributed by atoms with Crippen molar-refractivity contribution in [1.82, 2.24) is 0 Å². The normalized spacial score (nSPS) is 11.2. The Hall–Kier alpha value is -2.48. The van der Waals surface area contributed by atoms with Crippen molar-refractivity contribution in [3.05, 3.63) is 59.2 Å². The fourth-order valence-corrected chi connectivity index (χ4v) is 3.20. The Morgan fingerprint density at radius 2 is 1.68 bits per heavy atom. The fourth-order valence-electron chi connectivity index (χ4n) is 1.90. The summed E-state index contributed by atoms with van der Waals surface area (Å²) in [7, 11) is -4.13. The predicted molar refractivity (Wildman–Crippen MR) is 75.3 cm³/mol. The van der Waals surface area contributed by atoms with Crippen LogP contribution in [0.5, 0.6) is 0 Å². The second-order valence-electron chi connectivity index (χ2n) is 4.51. The molecule has 0 unspecified atom stereocenters. The van der Waals surface area contributed by atoms with Crippen molar-refractivity contribution in [2.75, 3.05) is 4.72 Å². The molecule has 0 aromatic heterocycles. The number of nitrogens with one attached hydrogen (secondary N) is 1. The van der Waals surface area contributed by atoms with Crippen molar-refractivity contribution in [2.24, 2.45) is 0 Å². The minimum absolute atomic E-state index is 0.159. The van der Waals surface area contributed by atoms with Crippen LogP contribution in [-0.2, 0) is 10.0 Å². The van der Waals surface area contributed by atoms with Crippen LogP contribution in [0.1, 0.15) is 15.9 Å². The van der Waals surface area contributed by atoms with E-state index in [-0.39, 0.29) is 16.1 Å². The van der Waals surface area contributed by atoms with Gasteiger partial charge in [-0.1, -0.05) is 0 Å². The van der Waals surface area contributed by atoms with Gasteiger partial charge in [-0.25, -0.2) is 22.0 Å². The average Bonchev–Trinajstić information content (AvgIpc) is 2.39. The first-order valence-corrected chi connectivity index (χ1v) is 7.51. The summed E-state index contributed by atoms with van der Waals surface area (Å²) in [6, 6.07) is 5.73. The van der Waals surface area contributed by atoms with Gasteiger partial charge in [0.2, 0.25) is 0 Å². The zero-order chi connectivity index (χ0) is 16.5. The Morgan fingerprint density at radius 3 is 2.27 bits per heavy atom. The van der Waals surface area contributed by atoms with Crippen LogP contribution in [0.25, 0.3) is 0 Å². The van der Waals surface area contributed by atoms with E-state index >= 15 is 0 Å². The maximum atomic E-state index is 13.1. The predicted octanol–water partition coefficient (Wildman–Crippen LogP) is 2.77. The quantitative estimate of drug-likeness (QED) is 0.904. The number of aryl methyl sites for hydroxylation is 1. The number of carboxylic acid groups (broad SMARTS) is 1. The molecule has 2 aromatic carbocycles. The van der Waals surface area contributed by atoms with Crippen molar-refractivity contribution in [3.63, 3.8) is 0 Å². The molecule has 0 bridgehead atoms. The largest absolute Gasteiger partial charge is 0.478 e. The van der Waals surface area contributed by atoms with Gasteiger partial charge in [0.25, 0.3) is 10.0 Å². The highest BCUT2D eigenvalue weighted by molar-refractivity contribution is 7.92. The van der Waals surface area contributed by atoms with Crippen LogP contribution >= 0.6 is 0 Å². The van der Waals surface area contributed by atoms with E-state index in [4.69, 9.17) is 5.11 Å². The highest BCUT2D eigenvalue weighted by Crippen LogP contribution is 2.23. The van der Waals surface area contributed by atoms with Gasteiger partial charge in [-0.15, -0.1) is 0 Å². The monoisotopic (exact) mass is 327 g/mol. The Morgan fingerprint density at radius 1 is 1.09 bits per heavy atom. The molecule has 8 heteroatoms. The van der Waals surface area contributed by atoms with E-state index in [0.29, 0.717) is 6.07 Å². The van der Waals surface area contributed by atoms with Gasteiger partial charge in [0, 0.05) is 0 Å². The van der Waals surface area contributed by atoms with Crippen LogP contribution in [0.15, 0.2) is 41.3 Å². The highest BCUT2D eigenvalue weighted by Gasteiger charge is 2.21. The topological polar surface area (TPSA) is 83.5 Å². The Kier molecular flexibility index (Phi) is 4.14. The second-order valence-corrected chi connectivity index (χ2v) is 6.16. The third kappa shape index (κ3) is 3.22. The number of halogens is 2. The molecule has 2 aromatic rings. The van der Waals surface area contributed by atoms with Gasteiger partial charge in [-0.05, 0) is 48.9 Å². The van der Waals surface area contributed by atoms with Gasteiger partial charge in [-0.3, -0.25) is 4.72 Å². The summed E-state index contributed by atoms with van der Waals surface area (Å²) in [6.07, 6.45) is 0. The second kappa shape index (κ2) is 5.72. The molecule has 2 N–H and O–H groups in total. The number of hydrogen-bond acceptors (Lipinski definition) is 3. The summed E-state index contributed by atoms with van der Waals surface area (Å²) < 4.78 is 52.8. The van der Waals surface area contributed by atoms with Gasteiger partial charge < -0.3 is 5.11 Å². The molecule has 0 spiro atoms. The first kappa shape index (κ1) is 15.9. The van der Waals surface area contributed by atoms with E-state index in [1.165, 1.54) is 6.92 Å². The van der Waals surface area contributed by atoms with E-state index in [0.717, 1.165) is 30.3 Å². The zero-order valence-corrected chi connectivity index (χ0v) is 12.1. The summed E-state index contributed by atoms with van der Waals surface area (Å²) in [4.78, 5) is 10.9. The lowest BCUT2D eigenvalue weighted by molar-refractivity contribution is 0.0697. The third-order valence-electron chi connectivity index (χ3n) is 2.88. The summed E-state index contributed by atoms with van der Waals surface area (Å²) >= 11 is 0. The van der Waals surface area contributed by atoms with Crippen molar-refractivity contribution < 1.29 is 27.1 Å². The molecule has 0 radical (unpaired) electrons. The number of carboxylic acids is 1. The van der Waals surface area contributed by atoms with Gasteiger partial charge in [0.15, 0.2) is 0 Å². The molecular weight excluding hydrogens is 316 g/mol. The molecule has 0 aliphatic heterocycles. The van der Waals surface area contributed by atoms with Crippen molar-refractivity contribution in [1.29, 1.82) is 0 Å². The summed E-state index contributed by atoms with van der Waals surface area (Å²) in [5.74, 6) is -2.88. The first-order chi connectivity index (χ1) is 10.2. The van der Waals surface area contributed by atoms with Gasteiger partial charge in [-0.2, -0.15) is 0 Å². The standard InChI is InChI=1S/C14H11F2NO4S/c1-8-6-9(15)3-5-13(8)22(20,21)17-12-4-2-10(16)7-11(12)14(18)19/h2-7,17H,1H3,(H,18,19). The summed E-state index contributed by atoms with van der Waals surface area (Å²) in [5.41, 5.74) is -0.646. The molecule has 0 atom stereocenters. The molecule has 0 saturated carbocycles. The van der Waals surface area contributed by atoms with Crippen molar-refractivity contribution in [2.45, 2.75) is 11.8 Å². The molecule has 0 aliphatic carbocycles. The number of sulfonamides is 1. The number of anilines is 1. The SMILES string of the molecule is Cc1cc(F)ccc1S(=O)(=O)Nc1ccc(F)cc1C(=O)O. The lowest BCUT2D eigenvalue weighted by Crippen LogP contribution is -2.17. The maximum absolute atomic E-state index is 13.1.